The summed E-state index contributed by atoms with van der Waals surface area (Å²) in [6.07, 6.45) is 3.92. The maximum absolute atomic E-state index is 13.1. The molecule has 2 aliphatic heterocycles. The van der Waals surface area contributed by atoms with Gasteiger partial charge in [-0.15, -0.1) is 0 Å². The van der Waals surface area contributed by atoms with Crippen molar-refractivity contribution in [1.29, 1.82) is 0 Å². The highest BCUT2D eigenvalue weighted by Gasteiger charge is 2.52. The van der Waals surface area contributed by atoms with Crippen molar-refractivity contribution >= 4 is 11.8 Å². The molecule has 1 aromatic carbocycles. The van der Waals surface area contributed by atoms with Gasteiger partial charge in [0.25, 0.3) is 5.91 Å². The topological polar surface area (TPSA) is 86.9 Å². The van der Waals surface area contributed by atoms with Crippen molar-refractivity contribution in [2.45, 2.75) is 37.6 Å². The Bertz CT molecular complexity index is 629. The van der Waals surface area contributed by atoms with Crippen LogP contribution in [0.2, 0.25) is 0 Å². The second-order valence-electron chi connectivity index (χ2n) is 6.95. The van der Waals surface area contributed by atoms with E-state index in [0.717, 1.165) is 24.8 Å². The lowest BCUT2D eigenvalue weighted by molar-refractivity contribution is -0.146. The van der Waals surface area contributed by atoms with Crippen molar-refractivity contribution in [2.75, 3.05) is 32.8 Å². The van der Waals surface area contributed by atoms with Crippen molar-refractivity contribution in [1.82, 2.24) is 9.80 Å². The highest BCUT2D eigenvalue weighted by atomic mass is 16.3. The van der Waals surface area contributed by atoms with Crippen molar-refractivity contribution in [3.8, 4) is 0 Å². The smallest absolute Gasteiger partial charge is 0.254 e. The van der Waals surface area contributed by atoms with Crippen LogP contribution in [-0.2, 0) is 11.2 Å². The van der Waals surface area contributed by atoms with Crippen LogP contribution in [0.4, 0.5) is 0 Å². The molecule has 6 heteroatoms. The molecule has 0 saturated carbocycles. The second-order valence-corrected chi connectivity index (χ2v) is 6.95. The molecular formula is C19H27N3O3. The van der Waals surface area contributed by atoms with Crippen LogP contribution < -0.4 is 5.73 Å². The van der Waals surface area contributed by atoms with Gasteiger partial charge in [0.05, 0.1) is 6.61 Å². The van der Waals surface area contributed by atoms with Crippen LogP contribution in [0, 0.1) is 0 Å². The molecule has 1 aromatic rings. The monoisotopic (exact) mass is 345 g/mol. The zero-order valence-corrected chi connectivity index (χ0v) is 14.6. The SMILES string of the molecule is NCCc1ccc(C(=O)N2CCCC23CCCN(CCO)C3=O)cc1. The van der Waals surface area contributed by atoms with Gasteiger partial charge in [-0.3, -0.25) is 9.59 Å². The van der Waals surface area contributed by atoms with Gasteiger partial charge in [0, 0.05) is 25.2 Å². The molecule has 1 unspecified atom stereocenters. The Morgan fingerprint density at radius 2 is 1.84 bits per heavy atom. The Morgan fingerprint density at radius 3 is 2.48 bits per heavy atom. The van der Waals surface area contributed by atoms with Crippen LogP contribution in [0.5, 0.6) is 0 Å². The third-order valence-electron chi connectivity index (χ3n) is 5.44. The highest BCUT2D eigenvalue weighted by Crippen LogP contribution is 2.39. The van der Waals surface area contributed by atoms with E-state index in [-0.39, 0.29) is 18.4 Å². The van der Waals surface area contributed by atoms with Crippen molar-refractivity contribution in [3.05, 3.63) is 35.4 Å². The number of β-amino-alcohol motifs (C(OH)–C–C–N with tert-alkyl or cyclic N) is 1. The number of aliphatic hydroxyl groups is 1. The lowest BCUT2D eigenvalue weighted by Crippen LogP contribution is -2.61. The normalized spacial score (nSPS) is 23.5. The van der Waals surface area contributed by atoms with Gasteiger partial charge < -0.3 is 20.6 Å². The Labute approximate surface area is 148 Å². The van der Waals surface area contributed by atoms with Gasteiger partial charge in [-0.05, 0) is 56.3 Å². The first-order valence-corrected chi connectivity index (χ1v) is 9.13. The van der Waals surface area contributed by atoms with E-state index in [4.69, 9.17) is 5.73 Å². The van der Waals surface area contributed by atoms with E-state index in [1.54, 1.807) is 9.80 Å². The summed E-state index contributed by atoms with van der Waals surface area (Å²) in [5.74, 6) is -0.0746. The highest BCUT2D eigenvalue weighted by molar-refractivity contribution is 6.00. The van der Waals surface area contributed by atoms with Crippen molar-refractivity contribution in [2.24, 2.45) is 5.73 Å². The molecule has 3 N–H and O–H groups in total. The summed E-state index contributed by atoms with van der Waals surface area (Å²) < 4.78 is 0. The van der Waals surface area contributed by atoms with Crippen molar-refractivity contribution < 1.29 is 14.7 Å². The first kappa shape index (κ1) is 17.9. The summed E-state index contributed by atoms with van der Waals surface area (Å²) in [5.41, 5.74) is 6.58. The number of aliphatic hydroxyl groups excluding tert-OH is 1. The molecule has 2 fully saturated rings. The van der Waals surface area contributed by atoms with E-state index in [1.807, 2.05) is 24.3 Å². The molecule has 2 amide bonds. The molecule has 0 radical (unpaired) electrons. The zero-order chi connectivity index (χ0) is 17.9. The summed E-state index contributed by atoms with van der Waals surface area (Å²) in [4.78, 5) is 29.6. The van der Waals surface area contributed by atoms with Crippen LogP contribution in [-0.4, -0.2) is 65.0 Å². The van der Waals surface area contributed by atoms with E-state index in [1.165, 1.54) is 0 Å². The molecule has 1 spiro atoms. The number of piperidine rings is 1. The number of carbonyl (C=O) groups excluding carboxylic acids is 2. The molecule has 136 valence electrons. The number of hydrogen-bond acceptors (Lipinski definition) is 4. The Kier molecular flexibility index (Phi) is 5.39. The predicted octanol–water partition coefficient (Wildman–Crippen LogP) is 0.777. The number of nitrogens with zero attached hydrogens (tertiary/aromatic N) is 2. The summed E-state index contributed by atoms with van der Waals surface area (Å²) in [7, 11) is 0. The number of amides is 2. The molecule has 0 bridgehead atoms. The van der Waals surface area contributed by atoms with E-state index < -0.39 is 5.54 Å². The number of nitrogens with two attached hydrogens (primary N) is 1. The fraction of sp³-hybridized carbons (Fsp3) is 0.579. The van der Waals surface area contributed by atoms with Gasteiger partial charge in [0.1, 0.15) is 5.54 Å². The van der Waals surface area contributed by atoms with E-state index >= 15 is 0 Å². The fourth-order valence-electron chi connectivity index (χ4n) is 4.19. The Morgan fingerprint density at radius 1 is 1.16 bits per heavy atom. The van der Waals surface area contributed by atoms with Gasteiger partial charge in [-0.25, -0.2) is 0 Å². The van der Waals surface area contributed by atoms with Gasteiger partial charge in [0.2, 0.25) is 5.91 Å². The molecule has 0 aromatic heterocycles. The minimum Gasteiger partial charge on any atom is -0.395 e. The molecule has 3 rings (SSSR count). The summed E-state index contributed by atoms with van der Waals surface area (Å²) in [6, 6.07) is 7.53. The van der Waals surface area contributed by atoms with Gasteiger partial charge in [-0.2, -0.15) is 0 Å². The molecule has 6 nitrogen and oxygen atoms in total. The second kappa shape index (κ2) is 7.54. The average Bonchev–Trinajstić information content (AvgIpc) is 3.04. The van der Waals surface area contributed by atoms with Crippen LogP contribution in [0.1, 0.15) is 41.6 Å². The standard InChI is InChI=1S/C19H27N3O3/c20-10-7-15-3-5-16(6-4-15)17(24)22-12-2-9-19(22)8-1-11-21(13-14-23)18(19)25/h3-6,23H,1-2,7-14,20H2. The number of carbonyl (C=O) groups is 2. The molecule has 25 heavy (non-hydrogen) atoms. The fourth-order valence-corrected chi connectivity index (χ4v) is 4.19. The third kappa shape index (κ3) is 3.28. The quantitative estimate of drug-likeness (QED) is 0.825. The van der Waals surface area contributed by atoms with E-state index in [0.29, 0.717) is 44.6 Å². The summed E-state index contributed by atoms with van der Waals surface area (Å²) in [6.45, 7) is 2.16. The molecule has 2 aliphatic rings. The first-order valence-electron chi connectivity index (χ1n) is 9.13. The van der Waals surface area contributed by atoms with Crippen LogP contribution >= 0.6 is 0 Å². The van der Waals surface area contributed by atoms with Crippen LogP contribution in [0.3, 0.4) is 0 Å². The number of rotatable bonds is 5. The average molecular weight is 345 g/mol. The van der Waals surface area contributed by atoms with Crippen molar-refractivity contribution in [3.63, 3.8) is 0 Å². The van der Waals surface area contributed by atoms with Gasteiger partial charge in [-0.1, -0.05) is 12.1 Å². The minimum absolute atomic E-state index is 0.00148. The maximum Gasteiger partial charge on any atom is 0.254 e. The summed E-state index contributed by atoms with van der Waals surface area (Å²) >= 11 is 0. The number of likely N-dealkylation sites (tertiary alicyclic amines) is 2. The lowest BCUT2D eigenvalue weighted by Gasteiger charge is -2.44. The van der Waals surface area contributed by atoms with Crippen LogP contribution in [0.25, 0.3) is 0 Å². The Hall–Kier alpha value is -1.92. The van der Waals surface area contributed by atoms with Gasteiger partial charge >= 0.3 is 0 Å². The minimum atomic E-state index is -0.722. The predicted molar refractivity (Wildman–Crippen MR) is 95.1 cm³/mol. The number of hydrogen-bond donors (Lipinski definition) is 2. The molecule has 2 saturated heterocycles. The van der Waals surface area contributed by atoms with Gasteiger partial charge in [0.15, 0.2) is 0 Å². The largest absolute Gasteiger partial charge is 0.395 e. The van der Waals surface area contributed by atoms with E-state index in [2.05, 4.69) is 0 Å². The maximum atomic E-state index is 13.1. The third-order valence-corrected chi connectivity index (χ3v) is 5.44. The molecular weight excluding hydrogens is 318 g/mol. The first-order chi connectivity index (χ1) is 12.1. The molecule has 1 atom stereocenters. The lowest BCUT2D eigenvalue weighted by atomic mass is 9.85. The summed E-state index contributed by atoms with van der Waals surface area (Å²) in [5, 5.41) is 9.21. The van der Waals surface area contributed by atoms with E-state index in [9.17, 15) is 14.7 Å². The molecule has 0 aliphatic carbocycles. The molecule has 2 heterocycles. The number of benzene rings is 1. The zero-order valence-electron chi connectivity index (χ0n) is 14.6. The Balaban J connectivity index is 1.82. The van der Waals surface area contributed by atoms with Crippen LogP contribution in [0.15, 0.2) is 24.3 Å².